The normalized spacial score (nSPS) is 17.5. The topological polar surface area (TPSA) is 47.6 Å². The highest BCUT2D eigenvalue weighted by atomic mass is 16.6. The molecule has 0 atom stereocenters. The summed E-state index contributed by atoms with van der Waals surface area (Å²) in [5.41, 5.74) is 0. The number of carbonyl (C=O) groups is 1. The lowest BCUT2D eigenvalue weighted by molar-refractivity contribution is -0.146. The highest BCUT2D eigenvalue weighted by Gasteiger charge is 2.16. The molecule has 0 spiro atoms. The highest BCUT2D eigenvalue weighted by Crippen LogP contribution is 2.02. The molecule has 1 saturated heterocycles. The molecule has 0 radical (unpaired) electrons. The number of hydrogen-bond donors (Lipinski definition) is 1. The zero-order valence-corrected chi connectivity index (χ0v) is 6.63. The molecule has 1 aliphatic heterocycles. The van der Waals surface area contributed by atoms with Gasteiger partial charge in [-0.25, -0.2) is 4.79 Å². The van der Waals surface area contributed by atoms with Gasteiger partial charge in [-0.1, -0.05) is 0 Å². The Morgan fingerprint density at radius 1 is 1.64 bits per heavy atom. The van der Waals surface area contributed by atoms with Gasteiger partial charge in [0.1, 0.15) is 6.61 Å². The van der Waals surface area contributed by atoms with E-state index in [1.54, 1.807) is 0 Å². The van der Waals surface area contributed by atoms with Crippen molar-refractivity contribution in [2.24, 2.45) is 5.92 Å². The van der Waals surface area contributed by atoms with E-state index in [9.17, 15) is 4.79 Å². The van der Waals surface area contributed by atoms with E-state index in [4.69, 9.17) is 4.74 Å². The predicted molar refractivity (Wildman–Crippen MR) is 39.2 cm³/mol. The summed E-state index contributed by atoms with van der Waals surface area (Å²) >= 11 is 0. The van der Waals surface area contributed by atoms with Gasteiger partial charge in [0.2, 0.25) is 0 Å². The van der Waals surface area contributed by atoms with E-state index in [0.717, 1.165) is 13.1 Å². The van der Waals surface area contributed by atoms with Crippen LogP contribution in [0.4, 0.5) is 0 Å². The van der Waals surface area contributed by atoms with Crippen LogP contribution >= 0.6 is 0 Å². The molecular formula is C7H13NO3. The van der Waals surface area contributed by atoms with E-state index < -0.39 is 0 Å². The maximum Gasteiger partial charge on any atom is 0.331 e. The van der Waals surface area contributed by atoms with Gasteiger partial charge in [-0.15, -0.1) is 0 Å². The molecule has 1 N–H and O–H groups in total. The van der Waals surface area contributed by atoms with E-state index in [2.05, 4.69) is 10.1 Å². The molecule has 64 valence electrons. The molecule has 4 heteroatoms. The molecule has 0 aromatic rings. The summed E-state index contributed by atoms with van der Waals surface area (Å²) in [6.45, 7) is 2.73. The minimum Gasteiger partial charge on any atom is -0.467 e. The summed E-state index contributed by atoms with van der Waals surface area (Å²) in [7, 11) is 1.36. The molecule has 1 heterocycles. The Hall–Kier alpha value is -0.610. The first-order valence-electron chi connectivity index (χ1n) is 3.68. The number of methoxy groups -OCH3 is 1. The van der Waals surface area contributed by atoms with Crippen molar-refractivity contribution in [2.75, 3.05) is 33.4 Å². The van der Waals surface area contributed by atoms with Gasteiger partial charge in [-0.05, 0) is 0 Å². The molecule has 1 fully saturated rings. The van der Waals surface area contributed by atoms with Gasteiger partial charge in [-0.3, -0.25) is 0 Å². The predicted octanol–water partition coefficient (Wildman–Crippen LogP) is -0.605. The largest absolute Gasteiger partial charge is 0.467 e. The van der Waals surface area contributed by atoms with Crippen LogP contribution in [0, 0.1) is 5.92 Å². The van der Waals surface area contributed by atoms with E-state index in [1.807, 2.05) is 0 Å². The lowest BCUT2D eigenvalue weighted by Gasteiger charge is -2.26. The molecular weight excluding hydrogens is 146 g/mol. The molecule has 0 saturated carbocycles. The number of hydrogen-bond acceptors (Lipinski definition) is 4. The second-order valence-electron chi connectivity index (χ2n) is 2.62. The Balaban J connectivity index is 1.90. The van der Waals surface area contributed by atoms with Crippen molar-refractivity contribution in [1.82, 2.24) is 5.32 Å². The molecule has 0 aromatic heterocycles. The Kier molecular flexibility index (Phi) is 3.32. The third-order valence-corrected chi connectivity index (χ3v) is 1.67. The summed E-state index contributed by atoms with van der Waals surface area (Å²) in [5, 5.41) is 3.12. The van der Waals surface area contributed by atoms with Crippen LogP contribution < -0.4 is 5.32 Å². The average Bonchev–Trinajstić information content (AvgIpc) is 1.94. The first-order chi connectivity index (χ1) is 5.33. The zero-order valence-electron chi connectivity index (χ0n) is 6.63. The van der Waals surface area contributed by atoms with Gasteiger partial charge in [0.05, 0.1) is 13.7 Å². The summed E-state index contributed by atoms with van der Waals surface area (Å²) in [5.74, 6) is 0.275. The summed E-state index contributed by atoms with van der Waals surface area (Å²) < 4.78 is 9.48. The lowest BCUT2D eigenvalue weighted by atomic mass is 10.1. The van der Waals surface area contributed by atoms with Crippen LogP contribution in [0.15, 0.2) is 0 Å². The SMILES string of the molecule is COC(=O)COCC1CNC1. The number of carbonyl (C=O) groups excluding carboxylic acids is 1. The van der Waals surface area contributed by atoms with Gasteiger partial charge >= 0.3 is 5.97 Å². The Morgan fingerprint density at radius 3 is 2.82 bits per heavy atom. The van der Waals surface area contributed by atoms with E-state index in [1.165, 1.54) is 7.11 Å². The maximum atomic E-state index is 10.5. The summed E-state index contributed by atoms with van der Waals surface area (Å²) in [6.07, 6.45) is 0. The van der Waals surface area contributed by atoms with Crippen molar-refractivity contribution in [2.45, 2.75) is 0 Å². The van der Waals surface area contributed by atoms with Crippen molar-refractivity contribution in [3.05, 3.63) is 0 Å². The molecule has 0 aliphatic carbocycles. The molecule has 11 heavy (non-hydrogen) atoms. The minimum absolute atomic E-state index is 0.0764. The van der Waals surface area contributed by atoms with Crippen molar-refractivity contribution in [1.29, 1.82) is 0 Å². The molecule has 1 aliphatic rings. The molecule has 0 unspecified atom stereocenters. The van der Waals surface area contributed by atoms with Gasteiger partial charge in [0.25, 0.3) is 0 Å². The van der Waals surface area contributed by atoms with Gasteiger partial charge in [-0.2, -0.15) is 0 Å². The smallest absolute Gasteiger partial charge is 0.331 e. The maximum absolute atomic E-state index is 10.5. The zero-order chi connectivity index (χ0) is 8.10. The highest BCUT2D eigenvalue weighted by molar-refractivity contribution is 5.70. The second-order valence-corrected chi connectivity index (χ2v) is 2.62. The molecule has 0 bridgehead atoms. The second kappa shape index (κ2) is 4.31. The van der Waals surface area contributed by atoms with Gasteiger partial charge in [0.15, 0.2) is 0 Å². The fraction of sp³-hybridized carbons (Fsp3) is 0.857. The van der Waals surface area contributed by atoms with Crippen LogP contribution in [0.5, 0.6) is 0 Å². The molecule has 0 aromatic carbocycles. The van der Waals surface area contributed by atoms with Crippen molar-refractivity contribution < 1.29 is 14.3 Å². The Labute approximate surface area is 65.9 Å². The Morgan fingerprint density at radius 2 is 2.36 bits per heavy atom. The number of nitrogens with one attached hydrogen (secondary N) is 1. The van der Waals surface area contributed by atoms with Crippen LogP contribution in [-0.4, -0.2) is 39.4 Å². The summed E-state index contributed by atoms with van der Waals surface area (Å²) in [4.78, 5) is 10.5. The number of esters is 1. The van der Waals surface area contributed by atoms with Crippen molar-refractivity contribution in [3.63, 3.8) is 0 Å². The average molecular weight is 159 g/mol. The molecule has 0 amide bonds. The monoisotopic (exact) mass is 159 g/mol. The third-order valence-electron chi connectivity index (χ3n) is 1.67. The fourth-order valence-corrected chi connectivity index (χ4v) is 0.834. The first-order valence-corrected chi connectivity index (χ1v) is 3.68. The number of ether oxygens (including phenoxy) is 2. The third kappa shape index (κ3) is 2.86. The van der Waals surface area contributed by atoms with Crippen LogP contribution in [0.25, 0.3) is 0 Å². The van der Waals surface area contributed by atoms with Crippen molar-refractivity contribution in [3.8, 4) is 0 Å². The molecule has 1 rings (SSSR count). The summed E-state index contributed by atoms with van der Waals surface area (Å²) in [6, 6.07) is 0. The first kappa shape index (κ1) is 8.49. The van der Waals surface area contributed by atoms with E-state index in [-0.39, 0.29) is 12.6 Å². The molecule has 4 nitrogen and oxygen atoms in total. The quantitative estimate of drug-likeness (QED) is 0.556. The van der Waals surface area contributed by atoms with Crippen LogP contribution in [0.1, 0.15) is 0 Å². The standard InChI is InChI=1S/C7H13NO3/c1-10-7(9)5-11-4-6-2-8-3-6/h6,8H,2-5H2,1H3. The van der Waals surface area contributed by atoms with Crippen molar-refractivity contribution >= 4 is 5.97 Å². The van der Waals surface area contributed by atoms with Crippen LogP contribution in [0.3, 0.4) is 0 Å². The van der Waals surface area contributed by atoms with Crippen LogP contribution in [-0.2, 0) is 14.3 Å². The lowest BCUT2D eigenvalue weighted by Crippen LogP contribution is -2.44. The minimum atomic E-state index is -0.308. The number of rotatable bonds is 4. The van der Waals surface area contributed by atoms with Gasteiger partial charge in [0, 0.05) is 19.0 Å². The van der Waals surface area contributed by atoms with E-state index >= 15 is 0 Å². The van der Waals surface area contributed by atoms with Gasteiger partial charge < -0.3 is 14.8 Å². The van der Waals surface area contributed by atoms with Crippen LogP contribution in [0.2, 0.25) is 0 Å². The van der Waals surface area contributed by atoms with E-state index in [0.29, 0.717) is 12.5 Å². The Bertz CT molecular complexity index is 134. The fourth-order valence-electron chi connectivity index (χ4n) is 0.834.